The summed E-state index contributed by atoms with van der Waals surface area (Å²) in [7, 11) is 0. The molecule has 12 heavy (non-hydrogen) atoms. The first-order chi connectivity index (χ1) is 5.61. The Morgan fingerprint density at radius 1 is 1.58 bits per heavy atom. The summed E-state index contributed by atoms with van der Waals surface area (Å²) in [5.74, 6) is -0.882. The molecule has 2 rings (SSSR count). The van der Waals surface area contributed by atoms with Crippen LogP contribution in [0.3, 0.4) is 0 Å². The quantitative estimate of drug-likeness (QED) is 0.679. The van der Waals surface area contributed by atoms with Gasteiger partial charge in [0.1, 0.15) is 0 Å². The molecule has 0 aromatic rings. The zero-order chi connectivity index (χ0) is 8.77. The Morgan fingerprint density at radius 3 is 2.58 bits per heavy atom. The highest BCUT2D eigenvalue weighted by Crippen LogP contribution is 2.52. The van der Waals surface area contributed by atoms with Crippen molar-refractivity contribution in [3.8, 4) is 0 Å². The maximum absolute atomic E-state index is 10.5. The molecular formula is C9H15NO2. The highest BCUT2D eigenvalue weighted by molar-refractivity contribution is 5.69. The molecule has 1 aliphatic heterocycles. The molecular weight excluding hydrogens is 154 g/mol. The zero-order valence-corrected chi connectivity index (χ0v) is 7.42. The first-order valence-electron chi connectivity index (χ1n) is 4.56. The zero-order valence-electron chi connectivity index (χ0n) is 7.42. The van der Waals surface area contributed by atoms with Gasteiger partial charge in [0.05, 0.1) is 5.92 Å². The fourth-order valence-electron chi connectivity index (χ4n) is 1.99. The summed E-state index contributed by atoms with van der Waals surface area (Å²) in [6.07, 6.45) is 2.73. The topological polar surface area (TPSA) is 40.5 Å². The predicted molar refractivity (Wildman–Crippen MR) is 44.9 cm³/mol. The van der Waals surface area contributed by atoms with Crippen molar-refractivity contribution in [2.45, 2.75) is 19.8 Å². The summed E-state index contributed by atoms with van der Waals surface area (Å²) < 4.78 is 0. The van der Waals surface area contributed by atoms with Gasteiger partial charge >= 0.3 is 5.97 Å². The van der Waals surface area contributed by atoms with E-state index in [2.05, 4.69) is 4.90 Å². The van der Waals surface area contributed by atoms with Crippen LogP contribution in [0.25, 0.3) is 0 Å². The molecule has 1 spiro atoms. The Labute approximate surface area is 72.4 Å². The molecule has 1 saturated heterocycles. The number of hydrogen-bond donors (Lipinski definition) is 1. The van der Waals surface area contributed by atoms with Gasteiger partial charge < -0.3 is 10.0 Å². The largest absolute Gasteiger partial charge is 0.481 e. The molecule has 3 nitrogen and oxygen atoms in total. The fourth-order valence-corrected chi connectivity index (χ4v) is 1.99. The summed E-state index contributed by atoms with van der Waals surface area (Å²) in [4.78, 5) is 12.8. The average molecular weight is 169 g/mol. The Kier molecular flexibility index (Phi) is 1.65. The number of nitrogens with zero attached hydrogens (tertiary/aromatic N) is 1. The van der Waals surface area contributed by atoms with Crippen LogP contribution in [0.15, 0.2) is 0 Å². The minimum Gasteiger partial charge on any atom is -0.481 e. The van der Waals surface area contributed by atoms with E-state index in [1.807, 2.05) is 0 Å². The summed E-state index contributed by atoms with van der Waals surface area (Å²) in [5.41, 5.74) is 0.651. The number of rotatable bonds is 3. The molecule has 1 unspecified atom stereocenters. The third kappa shape index (κ3) is 1.33. The minimum atomic E-state index is -0.674. The molecule has 2 fully saturated rings. The Bertz CT molecular complexity index is 203. The van der Waals surface area contributed by atoms with Crippen LogP contribution in [0.4, 0.5) is 0 Å². The van der Waals surface area contributed by atoms with Crippen LogP contribution in [0, 0.1) is 11.3 Å². The van der Waals surface area contributed by atoms with Gasteiger partial charge in [-0.3, -0.25) is 4.79 Å². The van der Waals surface area contributed by atoms with E-state index < -0.39 is 5.97 Å². The Balaban J connectivity index is 1.71. The number of hydrogen-bond acceptors (Lipinski definition) is 2. The molecule has 0 bridgehead atoms. The lowest BCUT2D eigenvalue weighted by atomic mass is 9.95. The normalized spacial score (nSPS) is 28.1. The van der Waals surface area contributed by atoms with Gasteiger partial charge in [0.15, 0.2) is 0 Å². The lowest BCUT2D eigenvalue weighted by molar-refractivity contribution is -0.142. The van der Waals surface area contributed by atoms with Crippen LogP contribution in [0.2, 0.25) is 0 Å². The molecule has 0 aromatic heterocycles. The maximum Gasteiger partial charge on any atom is 0.307 e. The van der Waals surface area contributed by atoms with Crippen molar-refractivity contribution < 1.29 is 9.90 Å². The van der Waals surface area contributed by atoms with Gasteiger partial charge in [-0.25, -0.2) is 0 Å². The van der Waals surface area contributed by atoms with Crippen LogP contribution in [-0.2, 0) is 4.79 Å². The Hall–Kier alpha value is -0.570. The fraction of sp³-hybridized carbons (Fsp3) is 0.889. The summed E-state index contributed by atoms with van der Waals surface area (Å²) in [6.45, 7) is 4.80. The van der Waals surface area contributed by atoms with Gasteiger partial charge in [0.2, 0.25) is 0 Å². The molecule has 2 aliphatic rings. The van der Waals surface area contributed by atoms with E-state index in [4.69, 9.17) is 5.11 Å². The summed E-state index contributed by atoms with van der Waals surface area (Å²) >= 11 is 0. The Morgan fingerprint density at radius 2 is 2.17 bits per heavy atom. The van der Waals surface area contributed by atoms with Gasteiger partial charge in [-0.2, -0.15) is 0 Å². The predicted octanol–water partition coefficient (Wildman–Crippen LogP) is 0.803. The van der Waals surface area contributed by atoms with Crippen LogP contribution in [0.1, 0.15) is 19.8 Å². The van der Waals surface area contributed by atoms with Crippen molar-refractivity contribution in [2.24, 2.45) is 11.3 Å². The van der Waals surface area contributed by atoms with Crippen molar-refractivity contribution >= 4 is 5.97 Å². The number of likely N-dealkylation sites (tertiary alicyclic amines) is 1. The van der Waals surface area contributed by atoms with Crippen LogP contribution in [-0.4, -0.2) is 35.6 Å². The van der Waals surface area contributed by atoms with Gasteiger partial charge in [-0.15, -0.1) is 0 Å². The third-order valence-corrected chi connectivity index (χ3v) is 3.03. The van der Waals surface area contributed by atoms with Crippen LogP contribution in [0.5, 0.6) is 0 Å². The standard InChI is InChI=1S/C9H15NO2/c1-7(8(11)12)4-10-5-9(6-10)2-3-9/h7H,2-6H2,1H3,(H,11,12). The molecule has 0 amide bonds. The first-order valence-corrected chi connectivity index (χ1v) is 4.56. The highest BCUT2D eigenvalue weighted by Gasteiger charge is 2.52. The SMILES string of the molecule is CC(CN1CC2(CC2)C1)C(=O)O. The van der Waals surface area contributed by atoms with Crippen molar-refractivity contribution in [1.82, 2.24) is 4.90 Å². The third-order valence-electron chi connectivity index (χ3n) is 3.03. The monoisotopic (exact) mass is 169 g/mol. The van der Waals surface area contributed by atoms with E-state index in [0.29, 0.717) is 5.41 Å². The van der Waals surface area contributed by atoms with E-state index in [0.717, 1.165) is 19.6 Å². The molecule has 1 N–H and O–H groups in total. The summed E-state index contributed by atoms with van der Waals surface area (Å²) in [5, 5.41) is 8.67. The van der Waals surface area contributed by atoms with Crippen molar-refractivity contribution in [1.29, 1.82) is 0 Å². The van der Waals surface area contributed by atoms with Gasteiger partial charge in [-0.1, -0.05) is 6.92 Å². The smallest absolute Gasteiger partial charge is 0.307 e. The molecule has 0 aromatic carbocycles. The molecule has 1 saturated carbocycles. The number of carboxylic acids is 1. The second-order valence-electron chi connectivity index (χ2n) is 4.41. The minimum absolute atomic E-state index is 0.207. The van der Waals surface area contributed by atoms with Crippen LogP contribution < -0.4 is 0 Å². The van der Waals surface area contributed by atoms with Gasteiger partial charge in [0, 0.05) is 19.6 Å². The second-order valence-corrected chi connectivity index (χ2v) is 4.41. The molecule has 68 valence electrons. The number of carbonyl (C=O) groups is 1. The van der Waals surface area contributed by atoms with Crippen molar-refractivity contribution in [3.05, 3.63) is 0 Å². The van der Waals surface area contributed by atoms with E-state index in [1.54, 1.807) is 6.92 Å². The summed E-state index contributed by atoms with van der Waals surface area (Å²) in [6, 6.07) is 0. The number of aliphatic carboxylic acids is 1. The van der Waals surface area contributed by atoms with Gasteiger partial charge in [-0.05, 0) is 18.3 Å². The van der Waals surface area contributed by atoms with E-state index in [1.165, 1.54) is 12.8 Å². The lowest BCUT2D eigenvalue weighted by Gasteiger charge is -2.40. The first kappa shape index (κ1) is 8.05. The van der Waals surface area contributed by atoms with Crippen LogP contribution >= 0.6 is 0 Å². The molecule has 1 aliphatic carbocycles. The average Bonchev–Trinajstić information content (AvgIpc) is 2.65. The molecule has 1 atom stereocenters. The second kappa shape index (κ2) is 2.46. The maximum atomic E-state index is 10.5. The van der Waals surface area contributed by atoms with E-state index in [-0.39, 0.29) is 5.92 Å². The van der Waals surface area contributed by atoms with E-state index in [9.17, 15) is 4.79 Å². The number of carboxylic acid groups (broad SMARTS) is 1. The highest BCUT2D eigenvalue weighted by atomic mass is 16.4. The lowest BCUT2D eigenvalue weighted by Crippen LogP contribution is -2.50. The molecule has 1 heterocycles. The van der Waals surface area contributed by atoms with Crippen molar-refractivity contribution in [2.75, 3.05) is 19.6 Å². The van der Waals surface area contributed by atoms with E-state index >= 15 is 0 Å². The van der Waals surface area contributed by atoms with Gasteiger partial charge in [0.25, 0.3) is 0 Å². The molecule has 0 radical (unpaired) electrons. The molecule has 3 heteroatoms. The van der Waals surface area contributed by atoms with Crippen molar-refractivity contribution in [3.63, 3.8) is 0 Å².